The van der Waals surface area contributed by atoms with Gasteiger partial charge < -0.3 is 20.4 Å². The molecule has 3 aromatic heterocycles. The van der Waals surface area contributed by atoms with Crippen LogP contribution in [-0.4, -0.2) is 37.7 Å². The van der Waals surface area contributed by atoms with Gasteiger partial charge in [0.2, 0.25) is 0 Å². The summed E-state index contributed by atoms with van der Waals surface area (Å²) in [6.45, 7) is 6.46. The highest BCUT2D eigenvalue weighted by Crippen LogP contribution is 2.29. The number of ether oxygens (including phenoxy) is 1. The summed E-state index contributed by atoms with van der Waals surface area (Å²) in [5.74, 6) is 0.342. The summed E-state index contributed by atoms with van der Waals surface area (Å²) in [5, 5.41) is 10.1. The molecule has 0 aliphatic rings. The average molecular weight is 343 g/mol. The van der Waals surface area contributed by atoms with E-state index in [1.807, 2.05) is 25.3 Å². The Bertz CT molecular complexity index is 920. The zero-order chi connectivity index (χ0) is 18.2. The number of amides is 1. The zero-order valence-corrected chi connectivity index (χ0v) is 14.6. The molecule has 3 aromatic rings. The van der Waals surface area contributed by atoms with E-state index in [0.717, 1.165) is 5.69 Å². The van der Waals surface area contributed by atoms with Crippen molar-refractivity contribution in [3.8, 4) is 0 Å². The minimum Gasteiger partial charge on any atom is -0.383 e. The highest BCUT2D eigenvalue weighted by molar-refractivity contribution is 6.14. The van der Waals surface area contributed by atoms with Crippen molar-refractivity contribution in [3.05, 3.63) is 29.8 Å². The van der Waals surface area contributed by atoms with Gasteiger partial charge in [-0.05, 0) is 20.8 Å². The number of rotatable bonds is 4. The molecule has 1 amide bonds. The first-order valence-corrected chi connectivity index (χ1v) is 7.78. The van der Waals surface area contributed by atoms with Gasteiger partial charge in [-0.1, -0.05) is 0 Å². The first kappa shape index (κ1) is 16.9. The summed E-state index contributed by atoms with van der Waals surface area (Å²) in [6.07, 6.45) is 3.14. The maximum Gasteiger partial charge on any atom is 0.259 e. The Hall–Kier alpha value is -2.94. The van der Waals surface area contributed by atoms with Crippen LogP contribution in [0.3, 0.4) is 0 Å². The fraction of sp³-hybridized carbons (Fsp3) is 0.375. The second-order valence-corrected chi connectivity index (χ2v) is 6.71. The van der Waals surface area contributed by atoms with E-state index in [1.54, 1.807) is 19.4 Å². The highest BCUT2D eigenvalue weighted by Gasteiger charge is 2.24. The van der Waals surface area contributed by atoms with E-state index in [9.17, 15) is 4.79 Å². The number of hydrogen-bond donors (Lipinski definition) is 3. The van der Waals surface area contributed by atoms with Crippen LogP contribution in [0.1, 0.15) is 36.8 Å². The maximum absolute atomic E-state index is 12.8. The number of nitrogens with one attached hydrogen (secondary N) is 2. The number of carbonyl (C=O) groups is 1. The van der Waals surface area contributed by atoms with Gasteiger partial charge in [0.25, 0.3) is 5.91 Å². The molecule has 9 nitrogen and oxygen atoms in total. The van der Waals surface area contributed by atoms with Crippen molar-refractivity contribution in [2.45, 2.75) is 32.9 Å². The molecule has 0 saturated heterocycles. The number of nitrogens with zero attached hydrogens (tertiary/aromatic N) is 4. The van der Waals surface area contributed by atoms with E-state index >= 15 is 0 Å². The van der Waals surface area contributed by atoms with Gasteiger partial charge in [-0.15, -0.1) is 0 Å². The number of nitrogen functional groups attached to an aromatic ring is 1. The van der Waals surface area contributed by atoms with Crippen molar-refractivity contribution >= 4 is 28.6 Å². The largest absolute Gasteiger partial charge is 0.383 e. The Balaban J connectivity index is 2.01. The lowest BCUT2D eigenvalue weighted by molar-refractivity contribution is 0.102. The Kier molecular flexibility index (Phi) is 4.17. The molecule has 9 heteroatoms. The second kappa shape index (κ2) is 6.17. The molecule has 3 heterocycles. The Labute approximate surface area is 144 Å². The Morgan fingerprint density at radius 1 is 1.40 bits per heavy atom. The van der Waals surface area contributed by atoms with Gasteiger partial charge in [-0.25, -0.2) is 9.97 Å². The SMILES string of the molecule is COCc1cc(NC(=O)c2cn(C(C)(C)C)c3ncnc(N)c23)n[nH]1. The molecule has 0 saturated carbocycles. The summed E-state index contributed by atoms with van der Waals surface area (Å²) in [4.78, 5) is 21.1. The molecule has 3 rings (SSSR count). The predicted octanol–water partition coefficient (Wildman–Crippen LogP) is 1.89. The van der Waals surface area contributed by atoms with Gasteiger partial charge in [0.05, 0.1) is 23.3 Å². The third-order valence-electron chi connectivity index (χ3n) is 3.75. The number of fused-ring (bicyclic) bond motifs is 1. The van der Waals surface area contributed by atoms with Crippen LogP contribution in [0.4, 0.5) is 11.6 Å². The molecule has 0 radical (unpaired) electrons. The fourth-order valence-corrected chi connectivity index (χ4v) is 2.61. The molecule has 0 aromatic carbocycles. The number of nitrogens with two attached hydrogens (primary N) is 1. The molecule has 0 bridgehead atoms. The smallest absolute Gasteiger partial charge is 0.259 e. The van der Waals surface area contributed by atoms with E-state index in [4.69, 9.17) is 10.5 Å². The van der Waals surface area contributed by atoms with Gasteiger partial charge in [0.1, 0.15) is 17.8 Å². The minimum atomic E-state index is -0.329. The average Bonchev–Trinajstić information content (AvgIpc) is 3.12. The number of hydrogen-bond acceptors (Lipinski definition) is 6. The molecule has 25 heavy (non-hydrogen) atoms. The standard InChI is InChI=1S/C16H21N7O2/c1-16(2,3)23-6-10(12-13(17)18-8-19-14(12)23)15(24)20-11-5-9(7-25-4)21-22-11/h5-6,8H,7H2,1-4H3,(H2,17,18,19)(H2,20,21,22,24). The third kappa shape index (κ3) is 3.18. The molecule has 132 valence electrons. The number of carbonyl (C=O) groups excluding carboxylic acids is 1. The summed E-state index contributed by atoms with van der Waals surface area (Å²) in [5.41, 5.74) is 7.52. The normalized spacial score (nSPS) is 11.8. The van der Waals surface area contributed by atoms with Crippen LogP contribution in [0.25, 0.3) is 11.0 Å². The van der Waals surface area contributed by atoms with Crippen LogP contribution in [0.5, 0.6) is 0 Å². The van der Waals surface area contributed by atoms with Crippen molar-refractivity contribution in [2.75, 3.05) is 18.2 Å². The first-order chi connectivity index (χ1) is 11.8. The lowest BCUT2D eigenvalue weighted by Crippen LogP contribution is -2.21. The highest BCUT2D eigenvalue weighted by atomic mass is 16.5. The van der Waals surface area contributed by atoms with E-state index in [-0.39, 0.29) is 17.3 Å². The van der Waals surface area contributed by atoms with E-state index in [1.165, 1.54) is 6.33 Å². The molecular formula is C16H21N7O2. The zero-order valence-electron chi connectivity index (χ0n) is 14.6. The van der Waals surface area contributed by atoms with Crippen molar-refractivity contribution in [3.63, 3.8) is 0 Å². The van der Waals surface area contributed by atoms with Gasteiger partial charge in [0.15, 0.2) is 5.82 Å². The predicted molar refractivity (Wildman–Crippen MR) is 94.2 cm³/mol. The van der Waals surface area contributed by atoms with Crippen molar-refractivity contribution in [1.82, 2.24) is 24.7 Å². The van der Waals surface area contributed by atoms with Crippen LogP contribution in [0.2, 0.25) is 0 Å². The molecule has 0 unspecified atom stereocenters. The molecule has 0 spiro atoms. The van der Waals surface area contributed by atoms with Crippen LogP contribution in [0, 0.1) is 0 Å². The summed E-state index contributed by atoms with van der Waals surface area (Å²) in [7, 11) is 1.59. The van der Waals surface area contributed by atoms with Crippen molar-refractivity contribution in [1.29, 1.82) is 0 Å². The van der Waals surface area contributed by atoms with E-state index in [0.29, 0.717) is 29.0 Å². The lowest BCUT2D eigenvalue weighted by atomic mass is 10.1. The maximum atomic E-state index is 12.8. The molecule has 0 aliphatic carbocycles. The van der Waals surface area contributed by atoms with Crippen molar-refractivity contribution in [2.24, 2.45) is 0 Å². The number of anilines is 2. The number of aromatic amines is 1. The van der Waals surface area contributed by atoms with E-state index in [2.05, 4.69) is 25.5 Å². The van der Waals surface area contributed by atoms with Gasteiger partial charge >= 0.3 is 0 Å². The van der Waals surface area contributed by atoms with Crippen LogP contribution >= 0.6 is 0 Å². The number of methoxy groups -OCH3 is 1. The molecular weight excluding hydrogens is 322 g/mol. The van der Waals surface area contributed by atoms with Crippen LogP contribution < -0.4 is 11.1 Å². The molecule has 0 fully saturated rings. The third-order valence-corrected chi connectivity index (χ3v) is 3.75. The van der Waals surface area contributed by atoms with Gasteiger partial charge in [-0.2, -0.15) is 5.10 Å². The number of H-pyrrole nitrogens is 1. The summed E-state index contributed by atoms with van der Waals surface area (Å²) < 4.78 is 6.94. The quantitative estimate of drug-likeness (QED) is 0.664. The van der Waals surface area contributed by atoms with Crippen molar-refractivity contribution < 1.29 is 9.53 Å². The van der Waals surface area contributed by atoms with E-state index < -0.39 is 0 Å². The fourth-order valence-electron chi connectivity index (χ4n) is 2.61. The molecule has 0 aliphatic heterocycles. The minimum absolute atomic E-state index is 0.264. The number of aromatic nitrogens is 5. The van der Waals surface area contributed by atoms with Gasteiger partial charge in [0, 0.05) is 24.9 Å². The Morgan fingerprint density at radius 3 is 2.84 bits per heavy atom. The van der Waals surface area contributed by atoms with Gasteiger partial charge in [-0.3, -0.25) is 9.89 Å². The topological polar surface area (TPSA) is 124 Å². The van der Waals surface area contributed by atoms with Crippen LogP contribution in [-0.2, 0) is 16.9 Å². The first-order valence-electron chi connectivity index (χ1n) is 7.78. The summed E-state index contributed by atoms with van der Waals surface area (Å²) >= 11 is 0. The Morgan fingerprint density at radius 2 is 2.16 bits per heavy atom. The van der Waals surface area contributed by atoms with Crippen LogP contribution in [0.15, 0.2) is 18.6 Å². The molecule has 0 atom stereocenters. The lowest BCUT2D eigenvalue weighted by Gasteiger charge is -2.21. The molecule has 4 N–H and O–H groups in total. The summed E-state index contributed by atoms with van der Waals surface area (Å²) in [6, 6.07) is 1.71. The second-order valence-electron chi connectivity index (χ2n) is 6.71. The monoisotopic (exact) mass is 343 g/mol.